The van der Waals surface area contributed by atoms with Gasteiger partial charge in [-0.25, -0.2) is 14.8 Å². The lowest BCUT2D eigenvalue weighted by molar-refractivity contribution is -0.142. The van der Waals surface area contributed by atoms with Gasteiger partial charge in [-0.2, -0.15) is 13.2 Å². The number of alkyl halides is 3. The number of carbonyl (C=O) groups is 1. The normalized spacial score (nSPS) is 11.9. The van der Waals surface area contributed by atoms with E-state index in [2.05, 4.69) is 9.97 Å². The second-order valence-electron chi connectivity index (χ2n) is 2.92. The molecule has 2 aromatic rings. The monoisotopic (exact) mass is 231 g/mol. The van der Waals surface area contributed by atoms with Crippen molar-refractivity contribution in [2.24, 2.45) is 0 Å². The second-order valence-corrected chi connectivity index (χ2v) is 2.92. The van der Waals surface area contributed by atoms with Crippen LogP contribution in [0.2, 0.25) is 0 Å². The highest BCUT2D eigenvalue weighted by Gasteiger charge is 2.34. The fourth-order valence-electron chi connectivity index (χ4n) is 1.28. The number of carboxylic acid groups (broad SMARTS) is 1. The smallest absolute Gasteiger partial charge is 0.431 e. The molecule has 0 saturated carbocycles. The average molecular weight is 231 g/mol. The van der Waals surface area contributed by atoms with Crippen LogP contribution >= 0.6 is 0 Å². The van der Waals surface area contributed by atoms with Gasteiger partial charge in [0.25, 0.3) is 0 Å². The van der Waals surface area contributed by atoms with Crippen LogP contribution in [-0.4, -0.2) is 25.4 Å². The highest BCUT2D eigenvalue weighted by molar-refractivity contribution is 5.92. The van der Waals surface area contributed by atoms with Crippen LogP contribution in [0.4, 0.5) is 13.2 Å². The molecule has 1 N–H and O–H groups in total. The van der Waals surface area contributed by atoms with Crippen LogP contribution in [0.1, 0.15) is 16.2 Å². The molecule has 0 unspecified atom stereocenters. The number of fused-ring (bicyclic) bond motifs is 1. The second kappa shape index (κ2) is 3.19. The van der Waals surface area contributed by atoms with Crippen LogP contribution in [0.15, 0.2) is 18.6 Å². The maximum absolute atomic E-state index is 12.5. The van der Waals surface area contributed by atoms with Gasteiger partial charge in [0.05, 0.1) is 0 Å². The van der Waals surface area contributed by atoms with Crippen molar-refractivity contribution in [3.63, 3.8) is 0 Å². The lowest BCUT2D eigenvalue weighted by Gasteiger charge is -2.08. The van der Waals surface area contributed by atoms with Crippen molar-refractivity contribution >= 4 is 11.6 Å². The molecule has 0 saturated heterocycles. The summed E-state index contributed by atoms with van der Waals surface area (Å²) in [6.07, 6.45) is -2.90. The first-order chi connectivity index (χ1) is 7.41. The van der Waals surface area contributed by atoms with Gasteiger partial charge in [0.15, 0.2) is 11.3 Å². The molecule has 2 rings (SSSR count). The van der Waals surface area contributed by atoms with E-state index in [1.807, 2.05) is 0 Å². The van der Waals surface area contributed by atoms with Gasteiger partial charge in [0, 0.05) is 6.20 Å². The average Bonchev–Trinajstić information content (AvgIpc) is 2.58. The van der Waals surface area contributed by atoms with Gasteiger partial charge < -0.3 is 5.11 Å². The molecule has 0 bridgehead atoms. The number of carboxylic acids is 1. The Balaban J connectivity index is 2.77. The highest BCUT2D eigenvalue weighted by atomic mass is 19.4. The van der Waals surface area contributed by atoms with Crippen LogP contribution in [0.5, 0.6) is 0 Å². The molecule has 0 aromatic carbocycles. The molecule has 0 fully saturated rings. The lowest BCUT2D eigenvalue weighted by Crippen LogP contribution is -2.11. The zero-order valence-electron chi connectivity index (χ0n) is 7.56. The fraction of sp³-hybridized carbons (Fsp3) is 0.125. The van der Waals surface area contributed by atoms with Gasteiger partial charge in [0.1, 0.15) is 12.0 Å². The third-order valence-corrected chi connectivity index (χ3v) is 1.92. The predicted molar refractivity (Wildman–Crippen MR) is 44.9 cm³/mol. The molecule has 0 atom stereocenters. The molecule has 0 aliphatic heterocycles. The Bertz CT molecular complexity index is 561. The quantitative estimate of drug-likeness (QED) is 0.806. The molecular weight excluding hydrogens is 227 g/mol. The zero-order chi connectivity index (χ0) is 11.9. The molecular formula is C8H4F3N3O2. The van der Waals surface area contributed by atoms with Gasteiger partial charge in [-0.15, -0.1) is 0 Å². The fourth-order valence-corrected chi connectivity index (χ4v) is 1.28. The van der Waals surface area contributed by atoms with Gasteiger partial charge in [-0.3, -0.25) is 4.40 Å². The Labute approximate surface area is 86.2 Å². The van der Waals surface area contributed by atoms with Gasteiger partial charge >= 0.3 is 12.1 Å². The molecule has 16 heavy (non-hydrogen) atoms. The lowest BCUT2D eigenvalue weighted by atomic mass is 10.3. The van der Waals surface area contributed by atoms with E-state index in [4.69, 9.17) is 5.11 Å². The Morgan fingerprint density at radius 1 is 1.38 bits per heavy atom. The maximum Gasteiger partial charge on any atom is 0.431 e. The van der Waals surface area contributed by atoms with E-state index in [1.165, 1.54) is 0 Å². The Hall–Kier alpha value is -2.12. The van der Waals surface area contributed by atoms with Crippen LogP contribution < -0.4 is 0 Å². The molecule has 2 aromatic heterocycles. The van der Waals surface area contributed by atoms with Gasteiger partial charge in [-0.1, -0.05) is 0 Å². The Morgan fingerprint density at radius 3 is 2.62 bits per heavy atom. The molecule has 0 radical (unpaired) electrons. The third kappa shape index (κ3) is 1.47. The summed E-state index contributed by atoms with van der Waals surface area (Å²) >= 11 is 0. The number of aromatic nitrogens is 3. The number of imidazole rings is 1. The number of hydrogen-bond acceptors (Lipinski definition) is 3. The van der Waals surface area contributed by atoms with E-state index in [0.29, 0.717) is 4.40 Å². The van der Waals surface area contributed by atoms with E-state index in [-0.39, 0.29) is 5.65 Å². The van der Waals surface area contributed by atoms with Crippen LogP contribution in [0.25, 0.3) is 5.65 Å². The molecule has 8 heteroatoms. The summed E-state index contributed by atoms with van der Waals surface area (Å²) in [6, 6.07) is 0.750. The summed E-state index contributed by atoms with van der Waals surface area (Å²) < 4.78 is 38.1. The van der Waals surface area contributed by atoms with Crippen molar-refractivity contribution in [2.45, 2.75) is 6.18 Å². The van der Waals surface area contributed by atoms with Crippen LogP contribution in [0, 0.1) is 0 Å². The van der Waals surface area contributed by atoms with Crippen LogP contribution in [-0.2, 0) is 6.18 Å². The van der Waals surface area contributed by atoms with E-state index >= 15 is 0 Å². The first kappa shape index (κ1) is 10.4. The van der Waals surface area contributed by atoms with E-state index in [9.17, 15) is 18.0 Å². The van der Waals surface area contributed by atoms with Crippen LogP contribution in [0.3, 0.4) is 0 Å². The number of rotatable bonds is 1. The SMILES string of the molecule is O=C(O)c1ncn2c(C(F)(F)F)ccnc12. The standard InChI is InChI=1S/C8H4F3N3O2/c9-8(10,11)4-1-2-12-6-5(7(15)16)13-3-14(4)6/h1-3H,(H,15,16). The summed E-state index contributed by atoms with van der Waals surface area (Å²) in [5.41, 5.74) is -1.86. The van der Waals surface area contributed by atoms with E-state index in [0.717, 1.165) is 18.6 Å². The molecule has 5 nitrogen and oxygen atoms in total. The molecule has 0 amide bonds. The summed E-state index contributed by atoms with van der Waals surface area (Å²) in [5.74, 6) is -1.42. The van der Waals surface area contributed by atoms with Crippen molar-refractivity contribution in [3.8, 4) is 0 Å². The zero-order valence-corrected chi connectivity index (χ0v) is 7.56. The topological polar surface area (TPSA) is 67.5 Å². The van der Waals surface area contributed by atoms with Crippen molar-refractivity contribution in [3.05, 3.63) is 30.0 Å². The maximum atomic E-state index is 12.5. The number of halogens is 3. The van der Waals surface area contributed by atoms with Crippen molar-refractivity contribution in [1.82, 2.24) is 14.4 Å². The van der Waals surface area contributed by atoms with Crippen molar-refractivity contribution < 1.29 is 23.1 Å². The van der Waals surface area contributed by atoms with E-state index < -0.39 is 23.5 Å². The first-order valence-electron chi connectivity index (χ1n) is 4.04. The first-order valence-corrected chi connectivity index (χ1v) is 4.04. The van der Waals surface area contributed by atoms with Crippen molar-refractivity contribution in [1.29, 1.82) is 0 Å². The van der Waals surface area contributed by atoms with Gasteiger partial charge in [-0.05, 0) is 6.07 Å². The number of hydrogen-bond donors (Lipinski definition) is 1. The summed E-state index contributed by atoms with van der Waals surface area (Å²) in [6.45, 7) is 0. The molecule has 0 aliphatic carbocycles. The minimum Gasteiger partial charge on any atom is -0.476 e. The van der Waals surface area contributed by atoms with Gasteiger partial charge in [0.2, 0.25) is 0 Å². The van der Waals surface area contributed by atoms with E-state index in [1.54, 1.807) is 0 Å². The summed E-state index contributed by atoms with van der Waals surface area (Å²) in [4.78, 5) is 17.6. The summed E-state index contributed by atoms with van der Waals surface area (Å²) in [7, 11) is 0. The molecule has 0 spiro atoms. The minimum atomic E-state index is -4.59. The highest BCUT2D eigenvalue weighted by Crippen LogP contribution is 2.29. The molecule has 2 heterocycles. The summed E-state index contributed by atoms with van der Waals surface area (Å²) in [5, 5.41) is 8.67. The molecule has 0 aliphatic rings. The molecule has 84 valence electrons. The Morgan fingerprint density at radius 2 is 2.06 bits per heavy atom. The number of aromatic carboxylic acids is 1. The number of nitrogens with zero attached hydrogens (tertiary/aromatic N) is 3. The largest absolute Gasteiger partial charge is 0.476 e. The third-order valence-electron chi connectivity index (χ3n) is 1.92. The predicted octanol–water partition coefficient (Wildman–Crippen LogP) is 1.45. The van der Waals surface area contributed by atoms with Crippen molar-refractivity contribution in [2.75, 3.05) is 0 Å². The Kier molecular flexibility index (Phi) is 2.07. The minimum absolute atomic E-state index is 0.331.